The second-order valence-corrected chi connectivity index (χ2v) is 6.35. The number of hydrogen-bond donors (Lipinski definition) is 3. The van der Waals surface area contributed by atoms with E-state index in [1.54, 1.807) is 27.7 Å². The van der Waals surface area contributed by atoms with Gasteiger partial charge in [0.1, 0.15) is 11.6 Å². The van der Waals surface area contributed by atoms with E-state index in [0.29, 0.717) is 11.6 Å². The zero-order chi connectivity index (χ0) is 15.7. The van der Waals surface area contributed by atoms with Gasteiger partial charge in [-0.3, -0.25) is 9.59 Å². The highest BCUT2D eigenvalue weighted by molar-refractivity contribution is 5.76. The van der Waals surface area contributed by atoms with Crippen LogP contribution in [0.25, 0.3) is 0 Å². The molecule has 0 fully saturated rings. The van der Waals surface area contributed by atoms with E-state index in [1.165, 1.54) is 6.07 Å². The number of nitrogens with zero attached hydrogens (tertiary/aromatic N) is 1. The first kappa shape index (κ1) is 16.2. The number of carbonyl (C=O) groups is 1. The minimum Gasteiger partial charge on any atom is -0.481 e. The summed E-state index contributed by atoms with van der Waals surface area (Å²) in [6.45, 7) is 10.7. The zero-order valence-electron chi connectivity index (χ0n) is 12.9. The van der Waals surface area contributed by atoms with Crippen molar-refractivity contribution in [1.82, 2.24) is 9.97 Å². The Bertz CT molecular complexity index is 559. The van der Waals surface area contributed by atoms with Crippen LogP contribution >= 0.6 is 0 Å². The van der Waals surface area contributed by atoms with Crippen molar-refractivity contribution in [3.8, 4) is 0 Å². The number of rotatable bonds is 5. The second kappa shape index (κ2) is 5.26. The lowest BCUT2D eigenvalue weighted by atomic mass is 9.74. The molecule has 1 aromatic rings. The maximum atomic E-state index is 11.6. The van der Waals surface area contributed by atoms with Crippen molar-refractivity contribution in [2.75, 3.05) is 5.32 Å². The predicted octanol–water partition coefficient (Wildman–Crippen LogP) is 2.19. The number of anilines is 1. The lowest BCUT2D eigenvalue weighted by Gasteiger charge is -2.39. The summed E-state index contributed by atoms with van der Waals surface area (Å²) in [6.07, 6.45) is 0. The van der Waals surface area contributed by atoms with Gasteiger partial charge < -0.3 is 15.4 Å². The monoisotopic (exact) mass is 281 g/mol. The van der Waals surface area contributed by atoms with Gasteiger partial charge in [0.05, 0.1) is 5.41 Å². The van der Waals surface area contributed by atoms with E-state index < -0.39 is 16.9 Å². The predicted molar refractivity (Wildman–Crippen MR) is 78.1 cm³/mol. The molecule has 0 aliphatic rings. The van der Waals surface area contributed by atoms with Gasteiger partial charge in [-0.25, -0.2) is 4.98 Å². The third-order valence-electron chi connectivity index (χ3n) is 3.84. The highest BCUT2D eigenvalue weighted by Crippen LogP contribution is 2.33. The Morgan fingerprint density at radius 2 is 1.90 bits per heavy atom. The van der Waals surface area contributed by atoms with Gasteiger partial charge >= 0.3 is 5.97 Å². The minimum absolute atomic E-state index is 0.0834. The van der Waals surface area contributed by atoms with Crippen LogP contribution in [0.3, 0.4) is 0 Å². The lowest BCUT2D eigenvalue weighted by molar-refractivity contribution is -0.149. The molecule has 112 valence electrons. The van der Waals surface area contributed by atoms with Crippen molar-refractivity contribution in [3.05, 3.63) is 22.2 Å². The lowest BCUT2D eigenvalue weighted by Crippen LogP contribution is -2.51. The Morgan fingerprint density at radius 3 is 2.35 bits per heavy atom. The molecule has 1 aromatic heterocycles. The third-order valence-corrected chi connectivity index (χ3v) is 3.84. The summed E-state index contributed by atoms with van der Waals surface area (Å²) in [5.74, 6) is 0.129. The molecule has 0 aliphatic heterocycles. The Balaban J connectivity index is 3.16. The number of nitrogens with one attached hydrogen (secondary N) is 2. The smallest absolute Gasteiger partial charge is 0.311 e. The molecule has 3 N–H and O–H groups in total. The highest BCUT2D eigenvalue weighted by Gasteiger charge is 2.43. The van der Waals surface area contributed by atoms with Crippen LogP contribution in [0, 0.1) is 5.41 Å². The summed E-state index contributed by atoms with van der Waals surface area (Å²) in [6, 6.07) is 1.34. The number of aromatic nitrogens is 2. The van der Waals surface area contributed by atoms with E-state index in [1.807, 2.05) is 13.8 Å². The fourth-order valence-electron chi connectivity index (χ4n) is 1.56. The topological polar surface area (TPSA) is 95.1 Å². The summed E-state index contributed by atoms with van der Waals surface area (Å²) < 4.78 is 0. The van der Waals surface area contributed by atoms with Crippen molar-refractivity contribution >= 4 is 11.8 Å². The van der Waals surface area contributed by atoms with Crippen LogP contribution in [0.15, 0.2) is 10.9 Å². The molecule has 1 rings (SSSR count). The normalized spacial score (nSPS) is 12.6. The van der Waals surface area contributed by atoms with Crippen molar-refractivity contribution in [2.24, 2.45) is 5.41 Å². The minimum atomic E-state index is -1.02. The van der Waals surface area contributed by atoms with E-state index in [2.05, 4.69) is 15.3 Å². The van der Waals surface area contributed by atoms with Crippen LogP contribution in [-0.4, -0.2) is 26.6 Å². The van der Waals surface area contributed by atoms with E-state index in [4.69, 9.17) is 0 Å². The van der Waals surface area contributed by atoms with Crippen molar-refractivity contribution < 1.29 is 9.90 Å². The van der Waals surface area contributed by atoms with E-state index in [0.717, 1.165) is 0 Å². The Hall–Kier alpha value is -1.85. The standard InChI is InChI=1S/C14H23N3O3/c1-8(2)11-15-9(7-10(18)16-11)17-14(5,6)13(3,4)12(19)20/h7-8H,1-6H3,(H,19,20)(H2,15,16,17,18). The molecule has 1 heterocycles. The van der Waals surface area contributed by atoms with Crippen LogP contribution < -0.4 is 10.9 Å². The third kappa shape index (κ3) is 3.18. The van der Waals surface area contributed by atoms with Gasteiger partial charge in [-0.1, -0.05) is 13.8 Å². The Kier molecular flexibility index (Phi) is 4.27. The molecule has 6 heteroatoms. The first-order chi connectivity index (χ1) is 8.97. The Labute approximate surface area is 118 Å². The molecule has 0 saturated heterocycles. The number of carboxylic acids is 1. The molecule has 0 aromatic carbocycles. The molecular weight excluding hydrogens is 258 g/mol. The first-order valence-corrected chi connectivity index (χ1v) is 6.60. The quantitative estimate of drug-likeness (QED) is 0.769. The molecule has 6 nitrogen and oxygen atoms in total. The maximum Gasteiger partial charge on any atom is 0.311 e. The number of aromatic amines is 1. The van der Waals surface area contributed by atoms with Gasteiger partial charge in [0.25, 0.3) is 5.56 Å². The van der Waals surface area contributed by atoms with Crippen molar-refractivity contribution in [1.29, 1.82) is 0 Å². The van der Waals surface area contributed by atoms with Crippen LogP contribution in [0.2, 0.25) is 0 Å². The number of hydrogen-bond acceptors (Lipinski definition) is 4. The molecule has 0 bridgehead atoms. The maximum absolute atomic E-state index is 11.6. The fourth-order valence-corrected chi connectivity index (χ4v) is 1.56. The molecule has 0 aliphatic carbocycles. The van der Waals surface area contributed by atoms with Crippen LogP contribution in [-0.2, 0) is 4.79 Å². The van der Waals surface area contributed by atoms with Gasteiger partial charge in [-0.05, 0) is 27.7 Å². The van der Waals surface area contributed by atoms with Gasteiger partial charge in [0, 0.05) is 17.5 Å². The van der Waals surface area contributed by atoms with E-state index >= 15 is 0 Å². The molecule has 0 radical (unpaired) electrons. The van der Waals surface area contributed by atoms with Crippen LogP contribution in [0.5, 0.6) is 0 Å². The molecule has 0 unspecified atom stereocenters. The summed E-state index contributed by atoms with van der Waals surface area (Å²) in [4.78, 5) is 30.0. The van der Waals surface area contributed by atoms with Gasteiger partial charge in [0.2, 0.25) is 0 Å². The van der Waals surface area contributed by atoms with Gasteiger partial charge in [0.15, 0.2) is 0 Å². The molecule has 0 atom stereocenters. The SMILES string of the molecule is CC(C)c1nc(NC(C)(C)C(C)(C)C(=O)O)cc(=O)[nH]1. The fraction of sp³-hybridized carbons (Fsp3) is 0.643. The van der Waals surface area contributed by atoms with Crippen LogP contribution in [0.4, 0.5) is 5.82 Å². The molecule has 0 amide bonds. The summed E-state index contributed by atoms with van der Waals surface area (Å²) in [7, 11) is 0. The molecule has 20 heavy (non-hydrogen) atoms. The van der Waals surface area contributed by atoms with E-state index in [9.17, 15) is 14.7 Å². The van der Waals surface area contributed by atoms with Gasteiger partial charge in [-0.2, -0.15) is 0 Å². The summed E-state index contributed by atoms with van der Waals surface area (Å²) >= 11 is 0. The second-order valence-electron chi connectivity index (χ2n) is 6.35. The zero-order valence-corrected chi connectivity index (χ0v) is 12.9. The number of H-pyrrole nitrogens is 1. The van der Waals surface area contributed by atoms with Crippen molar-refractivity contribution in [2.45, 2.75) is 53.0 Å². The average Bonchev–Trinajstić information content (AvgIpc) is 2.26. The Morgan fingerprint density at radius 1 is 1.35 bits per heavy atom. The van der Waals surface area contributed by atoms with E-state index in [-0.39, 0.29) is 11.5 Å². The van der Waals surface area contributed by atoms with Crippen molar-refractivity contribution in [3.63, 3.8) is 0 Å². The molecule has 0 saturated carbocycles. The summed E-state index contributed by atoms with van der Waals surface area (Å²) in [5.41, 5.74) is -2.04. The van der Waals surface area contributed by atoms with Crippen LogP contribution in [0.1, 0.15) is 53.3 Å². The van der Waals surface area contributed by atoms with Gasteiger partial charge in [-0.15, -0.1) is 0 Å². The largest absolute Gasteiger partial charge is 0.481 e. The average molecular weight is 281 g/mol. The summed E-state index contributed by atoms with van der Waals surface area (Å²) in [5, 5.41) is 12.4. The highest BCUT2D eigenvalue weighted by atomic mass is 16.4. The number of carboxylic acid groups (broad SMARTS) is 1. The number of aliphatic carboxylic acids is 1. The molecular formula is C14H23N3O3. The molecule has 0 spiro atoms. The first-order valence-electron chi connectivity index (χ1n) is 6.60.